The van der Waals surface area contributed by atoms with Gasteiger partial charge in [-0.15, -0.1) is 0 Å². The lowest BCUT2D eigenvalue weighted by Gasteiger charge is -2.20. The lowest BCUT2D eigenvalue weighted by molar-refractivity contribution is -0.139. The largest absolute Gasteiger partial charge is 0.480 e. The summed E-state index contributed by atoms with van der Waals surface area (Å²) in [6.45, 7) is 4.06. The van der Waals surface area contributed by atoms with E-state index >= 15 is 0 Å². The molecule has 0 aromatic heterocycles. The summed E-state index contributed by atoms with van der Waals surface area (Å²) in [5.41, 5.74) is 3.20. The van der Waals surface area contributed by atoms with Gasteiger partial charge in [0.1, 0.15) is 6.04 Å². The number of carboxylic acid groups (broad SMARTS) is 1. The van der Waals surface area contributed by atoms with Crippen molar-refractivity contribution in [1.82, 2.24) is 5.32 Å². The molecule has 1 unspecified atom stereocenters. The number of aryl methyl sites for hydroxylation is 2. The third kappa shape index (κ3) is 2.91. The van der Waals surface area contributed by atoms with Crippen LogP contribution in [-0.4, -0.2) is 17.1 Å². The van der Waals surface area contributed by atoms with Gasteiger partial charge in [0, 0.05) is 6.04 Å². The lowest BCUT2D eigenvalue weighted by Crippen LogP contribution is -2.35. The minimum absolute atomic E-state index is 0.354. The Morgan fingerprint density at radius 1 is 1.28 bits per heavy atom. The van der Waals surface area contributed by atoms with E-state index in [4.69, 9.17) is 0 Å². The van der Waals surface area contributed by atoms with Gasteiger partial charge in [0.25, 0.3) is 0 Å². The van der Waals surface area contributed by atoms with Crippen LogP contribution in [0, 0.1) is 13.8 Å². The average molecular weight is 247 g/mol. The maximum Gasteiger partial charge on any atom is 0.325 e. The summed E-state index contributed by atoms with van der Waals surface area (Å²) in [5.74, 6) is -0.787. The van der Waals surface area contributed by atoms with Gasteiger partial charge in [-0.1, -0.05) is 31.0 Å². The number of aliphatic carboxylic acids is 1. The SMILES string of the molecule is Cc1ccc(C(NC2CCCC2)C(=O)O)cc1C. The second-order valence-electron chi connectivity index (χ2n) is 5.26. The maximum atomic E-state index is 11.4. The predicted octanol–water partition coefficient (Wildman–Crippen LogP) is 2.96. The molecule has 1 aliphatic rings. The summed E-state index contributed by atoms with van der Waals surface area (Å²) in [5, 5.41) is 12.7. The van der Waals surface area contributed by atoms with Gasteiger partial charge >= 0.3 is 5.97 Å². The number of carboxylic acids is 1. The maximum absolute atomic E-state index is 11.4. The number of carbonyl (C=O) groups is 1. The molecule has 0 spiro atoms. The van der Waals surface area contributed by atoms with Gasteiger partial charge in [0.2, 0.25) is 0 Å². The first kappa shape index (κ1) is 13.1. The van der Waals surface area contributed by atoms with Crippen molar-refractivity contribution < 1.29 is 9.90 Å². The van der Waals surface area contributed by atoms with Crippen LogP contribution in [0.15, 0.2) is 18.2 Å². The van der Waals surface area contributed by atoms with Crippen LogP contribution >= 0.6 is 0 Å². The van der Waals surface area contributed by atoms with E-state index in [0.29, 0.717) is 6.04 Å². The Kier molecular flexibility index (Phi) is 4.02. The van der Waals surface area contributed by atoms with Crippen LogP contribution in [0.2, 0.25) is 0 Å². The van der Waals surface area contributed by atoms with Gasteiger partial charge in [-0.3, -0.25) is 10.1 Å². The highest BCUT2D eigenvalue weighted by atomic mass is 16.4. The molecule has 3 nitrogen and oxygen atoms in total. The molecule has 18 heavy (non-hydrogen) atoms. The lowest BCUT2D eigenvalue weighted by atomic mass is 10.00. The van der Waals surface area contributed by atoms with Crippen LogP contribution in [0.5, 0.6) is 0 Å². The fourth-order valence-corrected chi connectivity index (χ4v) is 2.58. The molecular weight excluding hydrogens is 226 g/mol. The molecule has 2 N–H and O–H groups in total. The molecule has 0 radical (unpaired) electrons. The Balaban J connectivity index is 2.17. The van der Waals surface area contributed by atoms with E-state index < -0.39 is 12.0 Å². The topological polar surface area (TPSA) is 49.3 Å². The summed E-state index contributed by atoms with van der Waals surface area (Å²) in [6.07, 6.45) is 4.59. The predicted molar refractivity (Wildman–Crippen MR) is 71.7 cm³/mol. The molecule has 1 fully saturated rings. The highest BCUT2D eigenvalue weighted by Crippen LogP contribution is 2.23. The van der Waals surface area contributed by atoms with Crippen molar-refractivity contribution in [3.8, 4) is 0 Å². The molecule has 3 heteroatoms. The molecule has 0 bridgehead atoms. The second-order valence-corrected chi connectivity index (χ2v) is 5.26. The van der Waals surface area contributed by atoms with Crippen LogP contribution in [0.3, 0.4) is 0 Å². The van der Waals surface area contributed by atoms with Gasteiger partial charge in [0.15, 0.2) is 0 Å². The van der Waals surface area contributed by atoms with Crippen molar-refractivity contribution in [2.24, 2.45) is 0 Å². The number of rotatable bonds is 4. The number of hydrogen-bond donors (Lipinski definition) is 2. The zero-order valence-corrected chi connectivity index (χ0v) is 11.1. The van der Waals surface area contributed by atoms with E-state index in [0.717, 1.165) is 24.0 Å². The van der Waals surface area contributed by atoms with Crippen LogP contribution in [0.25, 0.3) is 0 Å². The Hall–Kier alpha value is -1.35. The molecule has 1 aliphatic carbocycles. The molecule has 2 rings (SSSR count). The second kappa shape index (κ2) is 5.53. The van der Waals surface area contributed by atoms with Crippen molar-refractivity contribution in [3.63, 3.8) is 0 Å². The first-order valence-corrected chi connectivity index (χ1v) is 6.64. The normalized spacial score (nSPS) is 17.9. The summed E-state index contributed by atoms with van der Waals surface area (Å²) in [6, 6.07) is 5.68. The first-order chi connectivity index (χ1) is 8.58. The fourth-order valence-electron chi connectivity index (χ4n) is 2.58. The zero-order valence-electron chi connectivity index (χ0n) is 11.1. The molecule has 0 saturated heterocycles. The Morgan fingerprint density at radius 2 is 1.94 bits per heavy atom. The van der Waals surface area contributed by atoms with E-state index in [1.54, 1.807) is 0 Å². The Labute approximate surface area is 108 Å². The van der Waals surface area contributed by atoms with Gasteiger partial charge in [-0.25, -0.2) is 0 Å². The standard InChI is InChI=1S/C15H21NO2/c1-10-7-8-12(9-11(10)2)14(15(17)18)16-13-5-3-4-6-13/h7-9,13-14,16H,3-6H2,1-2H3,(H,17,18). The van der Waals surface area contributed by atoms with E-state index in [2.05, 4.69) is 5.32 Å². The van der Waals surface area contributed by atoms with E-state index in [1.165, 1.54) is 18.4 Å². The number of nitrogens with one attached hydrogen (secondary N) is 1. The van der Waals surface area contributed by atoms with Crippen molar-refractivity contribution in [1.29, 1.82) is 0 Å². The van der Waals surface area contributed by atoms with Crippen LogP contribution in [0.1, 0.15) is 48.4 Å². The smallest absolute Gasteiger partial charge is 0.325 e. The Bertz CT molecular complexity index is 436. The van der Waals surface area contributed by atoms with Crippen molar-refractivity contribution >= 4 is 5.97 Å². The highest BCUT2D eigenvalue weighted by Gasteiger charge is 2.25. The summed E-state index contributed by atoms with van der Waals surface area (Å²) >= 11 is 0. The minimum atomic E-state index is -0.787. The monoisotopic (exact) mass is 247 g/mol. The molecule has 0 aliphatic heterocycles. The molecule has 1 saturated carbocycles. The molecular formula is C15H21NO2. The quantitative estimate of drug-likeness (QED) is 0.860. The minimum Gasteiger partial charge on any atom is -0.480 e. The zero-order chi connectivity index (χ0) is 13.1. The molecule has 1 aromatic rings. The van der Waals surface area contributed by atoms with Gasteiger partial charge in [-0.2, -0.15) is 0 Å². The van der Waals surface area contributed by atoms with Crippen LogP contribution < -0.4 is 5.32 Å². The van der Waals surface area contributed by atoms with Gasteiger partial charge in [0.05, 0.1) is 0 Å². The van der Waals surface area contributed by atoms with E-state index in [9.17, 15) is 9.90 Å². The van der Waals surface area contributed by atoms with Crippen LogP contribution in [0.4, 0.5) is 0 Å². The summed E-state index contributed by atoms with van der Waals surface area (Å²) in [4.78, 5) is 11.4. The fraction of sp³-hybridized carbons (Fsp3) is 0.533. The first-order valence-electron chi connectivity index (χ1n) is 6.64. The van der Waals surface area contributed by atoms with E-state index in [-0.39, 0.29) is 0 Å². The molecule has 1 aromatic carbocycles. The highest BCUT2D eigenvalue weighted by molar-refractivity contribution is 5.75. The van der Waals surface area contributed by atoms with Crippen molar-refractivity contribution in [3.05, 3.63) is 34.9 Å². The summed E-state index contributed by atoms with van der Waals surface area (Å²) < 4.78 is 0. The van der Waals surface area contributed by atoms with Crippen molar-refractivity contribution in [2.45, 2.75) is 51.6 Å². The Morgan fingerprint density at radius 3 is 2.50 bits per heavy atom. The number of benzene rings is 1. The van der Waals surface area contributed by atoms with Crippen LogP contribution in [-0.2, 0) is 4.79 Å². The third-order valence-electron chi connectivity index (χ3n) is 3.87. The van der Waals surface area contributed by atoms with Gasteiger partial charge in [-0.05, 0) is 43.4 Å². The third-order valence-corrected chi connectivity index (χ3v) is 3.87. The molecule has 1 atom stereocenters. The van der Waals surface area contributed by atoms with E-state index in [1.807, 2.05) is 32.0 Å². The molecule has 0 heterocycles. The van der Waals surface area contributed by atoms with Gasteiger partial charge < -0.3 is 5.11 Å². The molecule has 0 amide bonds. The average Bonchev–Trinajstić information content (AvgIpc) is 2.82. The number of hydrogen-bond acceptors (Lipinski definition) is 2. The summed E-state index contributed by atoms with van der Waals surface area (Å²) in [7, 11) is 0. The molecule has 98 valence electrons. The van der Waals surface area contributed by atoms with Crippen molar-refractivity contribution in [2.75, 3.05) is 0 Å².